The van der Waals surface area contributed by atoms with Crippen LogP contribution in [-0.4, -0.2) is 49.5 Å². The van der Waals surface area contributed by atoms with E-state index in [1.54, 1.807) is 38.5 Å². The SMILES string of the molecule is COc1ccc(CN(C[C@@H](O)COc2ccc(Cl)cc2)C(C)C)cc1OC. The van der Waals surface area contributed by atoms with Crippen LogP contribution in [0.2, 0.25) is 5.02 Å². The molecule has 0 aliphatic carbocycles. The molecule has 2 aromatic carbocycles. The molecule has 0 aromatic heterocycles. The fraction of sp³-hybridized carbons (Fsp3) is 0.429. The summed E-state index contributed by atoms with van der Waals surface area (Å²) < 4.78 is 16.3. The van der Waals surface area contributed by atoms with E-state index in [2.05, 4.69) is 18.7 Å². The summed E-state index contributed by atoms with van der Waals surface area (Å²) in [6.45, 7) is 5.62. The van der Waals surface area contributed by atoms with Gasteiger partial charge in [-0.2, -0.15) is 0 Å². The molecule has 1 atom stereocenters. The van der Waals surface area contributed by atoms with Gasteiger partial charge in [0.15, 0.2) is 11.5 Å². The van der Waals surface area contributed by atoms with Gasteiger partial charge in [0.05, 0.1) is 14.2 Å². The van der Waals surface area contributed by atoms with Crippen LogP contribution in [0.3, 0.4) is 0 Å². The minimum atomic E-state index is -0.608. The van der Waals surface area contributed by atoms with E-state index in [0.29, 0.717) is 35.4 Å². The zero-order valence-electron chi connectivity index (χ0n) is 16.3. The molecule has 148 valence electrons. The molecule has 1 N–H and O–H groups in total. The number of methoxy groups -OCH3 is 2. The Morgan fingerprint density at radius 2 is 1.67 bits per heavy atom. The third-order valence-electron chi connectivity index (χ3n) is 4.27. The molecular weight excluding hydrogens is 366 g/mol. The predicted octanol–water partition coefficient (Wildman–Crippen LogP) is 4.01. The Morgan fingerprint density at radius 1 is 1.00 bits per heavy atom. The molecule has 6 heteroatoms. The molecule has 0 bridgehead atoms. The first-order chi connectivity index (χ1) is 12.9. The van der Waals surface area contributed by atoms with Crippen LogP contribution in [0.4, 0.5) is 0 Å². The van der Waals surface area contributed by atoms with Gasteiger partial charge in [0.1, 0.15) is 18.5 Å². The Kier molecular flexibility index (Phi) is 8.23. The first-order valence-corrected chi connectivity index (χ1v) is 9.32. The number of nitrogens with zero attached hydrogens (tertiary/aromatic N) is 1. The lowest BCUT2D eigenvalue weighted by molar-refractivity contribution is 0.0543. The van der Waals surface area contributed by atoms with Gasteiger partial charge in [-0.3, -0.25) is 4.90 Å². The molecule has 2 aromatic rings. The predicted molar refractivity (Wildman–Crippen MR) is 108 cm³/mol. The molecule has 0 aliphatic rings. The largest absolute Gasteiger partial charge is 0.493 e. The Bertz CT molecular complexity index is 706. The van der Waals surface area contributed by atoms with Gasteiger partial charge >= 0.3 is 0 Å². The number of hydrogen-bond donors (Lipinski definition) is 1. The molecule has 0 heterocycles. The van der Waals surface area contributed by atoms with Crippen molar-refractivity contribution in [2.24, 2.45) is 0 Å². The van der Waals surface area contributed by atoms with Gasteiger partial charge in [0.25, 0.3) is 0 Å². The Balaban J connectivity index is 1.95. The molecule has 27 heavy (non-hydrogen) atoms. The highest BCUT2D eigenvalue weighted by Gasteiger charge is 2.17. The monoisotopic (exact) mass is 393 g/mol. The number of ether oxygens (including phenoxy) is 3. The van der Waals surface area contributed by atoms with Crippen molar-refractivity contribution in [1.82, 2.24) is 4.90 Å². The van der Waals surface area contributed by atoms with Crippen molar-refractivity contribution < 1.29 is 19.3 Å². The third kappa shape index (κ3) is 6.61. The molecule has 0 saturated carbocycles. The average Bonchev–Trinajstić information content (AvgIpc) is 2.66. The number of rotatable bonds is 10. The van der Waals surface area contributed by atoms with Crippen LogP contribution in [0.25, 0.3) is 0 Å². The summed E-state index contributed by atoms with van der Waals surface area (Å²) in [6, 6.07) is 13.2. The van der Waals surface area contributed by atoms with Crippen LogP contribution in [0.1, 0.15) is 19.4 Å². The van der Waals surface area contributed by atoms with E-state index in [4.69, 9.17) is 25.8 Å². The van der Waals surface area contributed by atoms with Gasteiger partial charge < -0.3 is 19.3 Å². The quantitative estimate of drug-likeness (QED) is 0.661. The molecule has 0 unspecified atom stereocenters. The number of halogens is 1. The summed E-state index contributed by atoms with van der Waals surface area (Å²) in [5.41, 5.74) is 1.09. The summed E-state index contributed by atoms with van der Waals surface area (Å²) in [4.78, 5) is 2.19. The number of hydrogen-bond acceptors (Lipinski definition) is 5. The van der Waals surface area contributed by atoms with Crippen molar-refractivity contribution in [3.05, 3.63) is 53.1 Å². The van der Waals surface area contributed by atoms with Crippen molar-refractivity contribution in [2.75, 3.05) is 27.4 Å². The zero-order valence-corrected chi connectivity index (χ0v) is 17.1. The fourth-order valence-corrected chi connectivity index (χ4v) is 2.84. The lowest BCUT2D eigenvalue weighted by Crippen LogP contribution is -2.39. The Hall–Kier alpha value is -1.95. The van der Waals surface area contributed by atoms with Crippen molar-refractivity contribution in [2.45, 2.75) is 32.5 Å². The molecule has 0 saturated heterocycles. The minimum Gasteiger partial charge on any atom is -0.493 e. The molecule has 2 rings (SSSR count). The maximum atomic E-state index is 10.4. The average molecular weight is 394 g/mol. The van der Waals surface area contributed by atoms with E-state index < -0.39 is 6.10 Å². The Morgan fingerprint density at radius 3 is 2.26 bits per heavy atom. The highest BCUT2D eigenvalue weighted by Crippen LogP contribution is 2.28. The van der Waals surface area contributed by atoms with E-state index in [1.807, 2.05) is 18.2 Å². The highest BCUT2D eigenvalue weighted by molar-refractivity contribution is 6.30. The summed E-state index contributed by atoms with van der Waals surface area (Å²) in [5, 5.41) is 11.1. The van der Waals surface area contributed by atoms with Gasteiger partial charge in [-0.15, -0.1) is 0 Å². The van der Waals surface area contributed by atoms with Crippen LogP contribution < -0.4 is 14.2 Å². The molecule has 0 fully saturated rings. The van der Waals surface area contributed by atoms with E-state index in [0.717, 1.165) is 5.56 Å². The first kappa shape index (κ1) is 21.4. The summed E-state index contributed by atoms with van der Waals surface area (Å²) in [6.07, 6.45) is -0.608. The van der Waals surface area contributed by atoms with Crippen LogP contribution >= 0.6 is 11.6 Å². The van der Waals surface area contributed by atoms with Gasteiger partial charge in [0.2, 0.25) is 0 Å². The van der Waals surface area contributed by atoms with E-state index >= 15 is 0 Å². The maximum Gasteiger partial charge on any atom is 0.161 e. The fourth-order valence-electron chi connectivity index (χ4n) is 2.72. The summed E-state index contributed by atoms with van der Waals surface area (Å²) in [7, 11) is 3.24. The third-order valence-corrected chi connectivity index (χ3v) is 4.52. The lowest BCUT2D eigenvalue weighted by Gasteiger charge is -2.29. The summed E-state index contributed by atoms with van der Waals surface area (Å²) in [5.74, 6) is 2.09. The van der Waals surface area contributed by atoms with Crippen molar-refractivity contribution in [3.63, 3.8) is 0 Å². The standard InChI is InChI=1S/C21H28ClNO4/c1-15(2)23(12-16-5-10-20(25-3)21(11-16)26-4)13-18(24)14-27-19-8-6-17(22)7-9-19/h5-11,15,18,24H,12-14H2,1-4H3/t18-/m1/s1. The van der Waals surface area contributed by atoms with Gasteiger partial charge in [-0.05, 0) is 55.8 Å². The van der Waals surface area contributed by atoms with Crippen molar-refractivity contribution in [1.29, 1.82) is 0 Å². The van der Waals surface area contributed by atoms with Gasteiger partial charge in [-0.25, -0.2) is 0 Å². The van der Waals surface area contributed by atoms with E-state index in [9.17, 15) is 5.11 Å². The van der Waals surface area contributed by atoms with Crippen LogP contribution in [0.5, 0.6) is 17.2 Å². The molecule has 0 amide bonds. The maximum absolute atomic E-state index is 10.4. The lowest BCUT2D eigenvalue weighted by atomic mass is 10.1. The molecular formula is C21H28ClNO4. The molecule has 5 nitrogen and oxygen atoms in total. The molecule has 0 aliphatic heterocycles. The Labute approximate surface area is 166 Å². The normalized spacial score (nSPS) is 12.3. The smallest absolute Gasteiger partial charge is 0.161 e. The first-order valence-electron chi connectivity index (χ1n) is 8.94. The molecule has 0 radical (unpaired) electrons. The van der Waals surface area contributed by atoms with Gasteiger partial charge in [0, 0.05) is 24.2 Å². The highest BCUT2D eigenvalue weighted by atomic mass is 35.5. The topological polar surface area (TPSA) is 51.2 Å². The number of benzene rings is 2. The van der Waals surface area contributed by atoms with Crippen LogP contribution in [0, 0.1) is 0 Å². The number of aliphatic hydroxyl groups excluding tert-OH is 1. The second kappa shape index (κ2) is 10.4. The van der Waals surface area contributed by atoms with Crippen LogP contribution in [0.15, 0.2) is 42.5 Å². The van der Waals surface area contributed by atoms with Gasteiger partial charge in [-0.1, -0.05) is 17.7 Å². The van der Waals surface area contributed by atoms with E-state index in [-0.39, 0.29) is 12.6 Å². The van der Waals surface area contributed by atoms with Crippen molar-refractivity contribution >= 4 is 11.6 Å². The minimum absolute atomic E-state index is 0.219. The molecule has 0 spiro atoms. The summed E-state index contributed by atoms with van der Waals surface area (Å²) >= 11 is 5.87. The zero-order chi connectivity index (χ0) is 19.8. The number of aliphatic hydroxyl groups is 1. The second-order valence-corrected chi connectivity index (χ2v) is 7.07. The second-order valence-electron chi connectivity index (χ2n) is 6.63. The van der Waals surface area contributed by atoms with E-state index in [1.165, 1.54) is 0 Å². The van der Waals surface area contributed by atoms with Crippen molar-refractivity contribution in [3.8, 4) is 17.2 Å². The van der Waals surface area contributed by atoms with Crippen LogP contribution in [-0.2, 0) is 6.54 Å².